The second-order valence-electron chi connectivity index (χ2n) is 7.20. The monoisotopic (exact) mass is 409 g/mol. The summed E-state index contributed by atoms with van der Waals surface area (Å²) in [5, 5.41) is -0.915. The molecule has 3 aromatic carbocycles. The van der Waals surface area contributed by atoms with E-state index in [9.17, 15) is 17.6 Å². The fraction of sp³-hybridized carbons (Fsp3) is 0.174. The molecule has 0 fully saturated rings. The number of carbonyl (C=O) groups excluding carboxylic acids is 1. The first-order valence-electron chi connectivity index (χ1n) is 9.37. The third-order valence-electron chi connectivity index (χ3n) is 5.28. The summed E-state index contributed by atoms with van der Waals surface area (Å²) < 4.78 is 42.1. The van der Waals surface area contributed by atoms with Crippen molar-refractivity contribution in [1.82, 2.24) is 4.72 Å². The summed E-state index contributed by atoms with van der Waals surface area (Å²) in [6, 6.07) is 22.4. The molecule has 0 aliphatic heterocycles. The van der Waals surface area contributed by atoms with E-state index in [1.165, 1.54) is 12.1 Å². The lowest BCUT2D eigenvalue weighted by Crippen LogP contribution is -2.41. The van der Waals surface area contributed by atoms with Crippen molar-refractivity contribution in [2.75, 3.05) is 0 Å². The van der Waals surface area contributed by atoms with E-state index < -0.39 is 32.9 Å². The highest BCUT2D eigenvalue weighted by atomic mass is 32.2. The van der Waals surface area contributed by atoms with Crippen molar-refractivity contribution in [3.63, 3.8) is 0 Å². The molecule has 29 heavy (non-hydrogen) atoms. The molecule has 1 aliphatic rings. The van der Waals surface area contributed by atoms with Gasteiger partial charge < -0.3 is 0 Å². The Kier molecular flexibility index (Phi) is 5.20. The van der Waals surface area contributed by atoms with E-state index in [1.54, 1.807) is 30.3 Å². The zero-order valence-corrected chi connectivity index (χ0v) is 16.4. The molecule has 0 heterocycles. The number of carbonyl (C=O) groups is 1. The minimum atomic E-state index is -4.00. The molecule has 1 aliphatic carbocycles. The van der Waals surface area contributed by atoms with Gasteiger partial charge in [-0.15, -0.1) is 0 Å². The Morgan fingerprint density at radius 2 is 1.66 bits per heavy atom. The molecule has 0 saturated carbocycles. The molecule has 6 heteroatoms. The van der Waals surface area contributed by atoms with Gasteiger partial charge in [0.05, 0.1) is 5.92 Å². The maximum Gasteiger partial charge on any atom is 0.242 e. The molecule has 0 saturated heterocycles. The average molecular weight is 409 g/mol. The standard InChI is InChI=1S/C23H20FNO3S/c24-19-12-11-18-14-21(20(18)15-19)23(26)25-29(27,28)22(17-9-5-2-6-10-17)13-16-7-3-1-4-8-16/h1-12,15,21-22H,13-14H2,(H,25,26). The lowest BCUT2D eigenvalue weighted by molar-refractivity contribution is -0.121. The second-order valence-corrected chi connectivity index (χ2v) is 9.06. The quantitative estimate of drug-likeness (QED) is 0.672. The van der Waals surface area contributed by atoms with Gasteiger partial charge in [0, 0.05) is 0 Å². The van der Waals surface area contributed by atoms with Crippen molar-refractivity contribution in [3.05, 3.63) is 107 Å². The number of benzene rings is 3. The van der Waals surface area contributed by atoms with E-state index in [2.05, 4.69) is 4.72 Å². The van der Waals surface area contributed by atoms with Crippen LogP contribution in [0.1, 0.15) is 33.4 Å². The number of sulfonamides is 1. The van der Waals surface area contributed by atoms with E-state index in [-0.39, 0.29) is 6.42 Å². The van der Waals surface area contributed by atoms with Crippen LogP contribution in [-0.4, -0.2) is 14.3 Å². The summed E-state index contributed by atoms with van der Waals surface area (Å²) in [6.45, 7) is 0. The Balaban J connectivity index is 1.59. The zero-order chi connectivity index (χ0) is 20.4. The molecule has 0 spiro atoms. The molecule has 0 radical (unpaired) electrons. The van der Waals surface area contributed by atoms with Crippen LogP contribution in [0.3, 0.4) is 0 Å². The van der Waals surface area contributed by atoms with Crippen LogP contribution >= 0.6 is 0 Å². The summed E-state index contributed by atoms with van der Waals surface area (Å²) in [6.07, 6.45) is 0.648. The topological polar surface area (TPSA) is 63.2 Å². The Labute approximate surface area is 169 Å². The van der Waals surface area contributed by atoms with Gasteiger partial charge >= 0.3 is 0 Å². The van der Waals surface area contributed by atoms with E-state index in [0.717, 1.165) is 11.1 Å². The van der Waals surface area contributed by atoms with Crippen LogP contribution in [-0.2, 0) is 27.7 Å². The minimum absolute atomic E-state index is 0.239. The van der Waals surface area contributed by atoms with Crippen molar-refractivity contribution < 1.29 is 17.6 Å². The van der Waals surface area contributed by atoms with Gasteiger partial charge in [0.25, 0.3) is 0 Å². The number of hydrogen-bond acceptors (Lipinski definition) is 3. The predicted octanol–water partition coefficient (Wildman–Crippen LogP) is 3.90. The average Bonchev–Trinajstić information content (AvgIpc) is 2.69. The van der Waals surface area contributed by atoms with E-state index in [4.69, 9.17) is 0 Å². The fourth-order valence-electron chi connectivity index (χ4n) is 3.69. The molecule has 1 N–H and O–H groups in total. The molecule has 148 valence electrons. The third-order valence-corrected chi connectivity index (χ3v) is 6.95. The predicted molar refractivity (Wildman–Crippen MR) is 109 cm³/mol. The molecular formula is C23H20FNO3S. The summed E-state index contributed by atoms with van der Waals surface area (Å²) in [4.78, 5) is 12.7. The normalized spacial score (nSPS) is 16.4. The Morgan fingerprint density at radius 1 is 1.00 bits per heavy atom. The molecule has 0 bridgehead atoms. The Bertz CT molecular complexity index is 1130. The number of nitrogens with one attached hydrogen (secondary N) is 1. The van der Waals surface area contributed by atoms with Crippen molar-refractivity contribution in [1.29, 1.82) is 0 Å². The van der Waals surface area contributed by atoms with Crippen molar-refractivity contribution in [2.45, 2.75) is 24.0 Å². The number of amides is 1. The first-order chi connectivity index (χ1) is 13.9. The molecule has 1 amide bonds. The van der Waals surface area contributed by atoms with Crippen molar-refractivity contribution in [2.24, 2.45) is 0 Å². The van der Waals surface area contributed by atoms with Gasteiger partial charge in [-0.3, -0.25) is 9.52 Å². The summed E-state index contributed by atoms with van der Waals surface area (Å²) >= 11 is 0. The highest BCUT2D eigenvalue weighted by molar-refractivity contribution is 7.90. The van der Waals surface area contributed by atoms with Crippen molar-refractivity contribution >= 4 is 15.9 Å². The summed E-state index contributed by atoms with van der Waals surface area (Å²) in [5.41, 5.74) is 2.89. The highest BCUT2D eigenvalue weighted by Crippen LogP contribution is 2.36. The first kappa shape index (κ1) is 19.3. The smallest absolute Gasteiger partial charge is 0.242 e. The van der Waals surface area contributed by atoms with Crippen LogP contribution in [0.5, 0.6) is 0 Å². The molecular weight excluding hydrogens is 389 g/mol. The van der Waals surface area contributed by atoms with Gasteiger partial charge in [0.2, 0.25) is 15.9 Å². The van der Waals surface area contributed by atoms with Gasteiger partial charge in [-0.25, -0.2) is 12.8 Å². The SMILES string of the molecule is O=C(NS(=O)(=O)C(Cc1ccccc1)c1ccccc1)C1Cc2ccc(F)cc21. The van der Waals surface area contributed by atoms with E-state index in [0.29, 0.717) is 17.5 Å². The van der Waals surface area contributed by atoms with Crippen LogP contribution in [0, 0.1) is 5.82 Å². The van der Waals surface area contributed by atoms with Crippen LogP contribution in [0.15, 0.2) is 78.9 Å². The van der Waals surface area contributed by atoms with Crippen molar-refractivity contribution in [3.8, 4) is 0 Å². The van der Waals surface area contributed by atoms with Crippen LogP contribution in [0.2, 0.25) is 0 Å². The Morgan fingerprint density at radius 3 is 2.34 bits per heavy atom. The molecule has 0 aromatic heterocycles. The molecule has 2 atom stereocenters. The first-order valence-corrected chi connectivity index (χ1v) is 10.9. The molecule has 4 nitrogen and oxygen atoms in total. The lowest BCUT2D eigenvalue weighted by Gasteiger charge is -2.29. The van der Waals surface area contributed by atoms with E-state index >= 15 is 0 Å². The van der Waals surface area contributed by atoms with Gasteiger partial charge in [-0.1, -0.05) is 66.7 Å². The highest BCUT2D eigenvalue weighted by Gasteiger charge is 2.37. The maximum absolute atomic E-state index is 13.5. The summed E-state index contributed by atoms with van der Waals surface area (Å²) in [7, 11) is -4.00. The zero-order valence-electron chi connectivity index (χ0n) is 15.6. The molecule has 3 aromatic rings. The number of halogens is 1. The largest absolute Gasteiger partial charge is 0.273 e. The lowest BCUT2D eigenvalue weighted by atomic mass is 9.77. The summed E-state index contributed by atoms with van der Waals surface area (Å²) in [5.74, 6) is -1.70. The number of rotatable bonds is 6. The van der Waals surface area contributed by atoms with Gasteiger partial charge in [0.15, 0.2) is 0 Å². The van der Waals surface area contributed by atoms with Crippen LogP contribution in [0.4, 0.5) is 4.39 Å². The Hall–Kier alpha value is -2.99. The minimum Gasteiger partial charge on any atom is -0.273 e. The third kappa shape index (κ3) is 4.07. The van der Waals surface area contributed by atoms with Gasteiger partial charge in [-0.05, 0) is 47.2 Å². The molecule has 2 unspecified atom stereocenters. The van der Waals surface area contributed by atoms with Crippen LogP contribution < -0.4 is 4.72 Å². The number of hydrogen-bond donors (Lipinski definition) is 1. The molecule has 4 rings (SSSR count). The maximum atomic E-state index is 13.5. The fourth-order valence-corrected chi connectivity index (χ4v) is 5.19. The van der Waals surface area contributed by atoms with Gasteiger partial charge in [-0.2, -0.15) is 0 Å². The van der Waals surface area contributed by atoms with Gasteiger partial charge in [0.1, 0.15) is 11.1 Å². The van der Waals surface area contributed by atoms with Crippen LogP contribution in [0.25, 0.3) is 0 Å². The van der Waals surface area contributed by atoms with E-state index in [1.807, 2.05) is 36.4 Å². The second kappa shape index (κ2) is 7.79. The number of fused-ring (bicyclic) bond motifs is 1.